The van der Waals surface area contributed by atoms with E-state index in [0.717, 1.165) is 0 Å². The molecule has 1 aromatic heterocycles. The van der Waals surface area contributed by atoms with Gasteiger partial charge in [0.1, 0.15) is 5.75 Å². The van der Waals surface area contributed by atoms with Crippen molar-refractivity contribution in [2.45, 2.75) is 0 Å². The maximum atomic E-state index is 11.9. The maximum absolute atomic E-state index is 11.9. The number of carbonyl (C=O) groups is 2. The number of aldehydes is 1. The number of benzene rings is 1. The van der Waals surface area contributed by atoms with Gasteiger partial charge in [-0.3, -0.25) is 9.48 Å². The molecule has 6 heteroatoms. The van der Waals surface area contributed by atoms with Crippen molar-refractivity contribution in [1.29, 1.82) is 0 Å². The first-order valence-corrected chi connectivity index (χ1v) is 5.86. The van der Waals surface area contributed by atoms with E-state index < -0.39 is 5.97 Å². The van der Waals surface area contributed by atoms with Crippen LogP contribution >= 0.6 is 15.9 Å². The van der Waals surface area contributed by atoms with Gasteiger partial charge in [-0.2, -0.15) is 5.10 Å². The molecular weight excluding hydrogens is 300 g/mol. The van der Waals surface area contributed by atoms with Gasteiger partial charge in [0.15, 0.2) is 12.0 Å². The smallest absolute Gasteiger partial charge is 0.365 e. The second-order valence-electron chi connectivity index (χ2n) is 3.54. The Kier molecular flexibility index (Phi) is 3.57. The van der Waals surface area contributed by atoms with Crippen molar-refractivity contribution < 1.29 is 14.3 Å². The maximum Gasteiger partial charge on any atom is 0.365 e. The Balaban J connectivity index is 2.26. The molecule has 0 saturated heterocycles. The second kappa shape index (κ2) is 5.14. The first kappa shape index (κ1) is 12.5. The Hall–Kier alpha value is -1.95. The summed E-state index contributed by atoms with van der Waals surface area (Å²) < 4.78 is 7.17. The zero-order valence-electron chi connectivity index (χ0n) is 9.46. The lowest BCUT2D eigenvalue weighted by Crippen LogP contribution is -2.11. The standard InChI is InChI=1S/C12H9BrN2O3/c1-15-6-9(13)11(14-15)12(17)18-10-5-3-2-4-8(10)7-16/h2-7H,1H3. The number of para-hydroxylation sites is 1. The average molecular weight is 309 g/mol. The molecule has 1 aromatic carbocycles. The van der Waals surface area contributed by atoms with E-state index >= 15 is 0 Å². The molecule has 5 nitrogen and oxygen atoms in total. The SMILES string of the molecule is Cn1cc(Br)c(C(=O)Oc2ccccc2C=O)n1. The molecule has 0 saturated carbocycles. The average Bonchev–Trinajstić information content (AvgIpc) is 2.69. The highest BCUT2D eigenvalue weighted by atomic mass is 79.9. The summed E-state index contributed by atoms with van der Waals surface area (Å²) in [5.74, 6) is -0.396. The highest BCUT2D eigenvalue weighted by Gasteiger charge is 2.17. The summed E-state index contributed by atoms with van der Waals surface area (Å²) in [6.45, 7) is 0. The molecule has 0 aliphatic heterocycles. The van der Waals surface area contributed by atoms with Crippen molar-refractivity contribution in [3.05, 3.63) is 46.2 Å². The summed E-state index contributed by atoms with van der Waals surface area (Å²) >= 11 is 3.21. The van der Waals surface area contributed by atoms with E-state index in [1.165, 1.54) is 4.68 Å². The van der Waals surface area contributed by atoms with Gasteiger partial charge in [0, 0.05) is 13.2 Å². The molecule has 0 radical (unpaired) electrons. The van der Waals surface area contributed by atoms with Gasteiger partial charge in [-0.25, -0.2) is 4.79 Å². The van der Waals surface area contributed by atoms with Gasteiger partial charge < -0.3 is 4.74 Å². The van der Waals surface area contributed by atoms with Crippen LogP contribution in [0.3, 0.4) is 0 Å². The second-order valence-corrected chi connectivity index (χ2v) is 4.40. The number of ether oxygens (including phenoxy) is 1. The molecule has 0 bridgehead atoms. The molecule has 2 rings (SSSR count). The van der Waals surface area contributed by atoms with Gasteiger partial charge >= 0.3 is 5.97 Å². The van der Waals surface area contributed by atoms with Gasteiger partial charge in [-0.15, -0.1) is 0 Å². The summed E-state index contributed by atoms with van der Waals surface area (Å²) in [7, 11) is 1.70. The van der Waals surface area contributed by atoms with Gasteiger partial charge in [-0.1, -0.05) is 12.1 Å². The third-order valence-electron chi connectivity index (χ3n) is 2.23. The van der Waals surface area contributed by atoms with Crippen LogP contribution in [0.2, 0.25) is 0 Å². The minimum atomic E-state index is -0.614. The Morgan fingerprint density at radius 3 is 2.78 bits per heavy atom. The van der Waals surface area contributed by atoms with E-state index in [-0.39, 0.29) is 11.4 Å². The monoisotopic (exact) mass is 308 g/mol. The molecule has 92 valence electrons. The van der Waals surface area contributed by atoms with Crippen molar-refractivity contribution in [2.24, 2.45) is 7.05 Å². The highest BCUT2D eigenvalue weighted by Crippen LogP contribution is 2.20. The van der Waals surface area contributed by atoms with Crippen molar-refractivity contribution in [2.75, 3.05) is 0 Å². The minimum Gasteiger partial charge on any atom is -0.421 e. The number of carbonyl (C=O) groups excluding carboxylic acids is 2. The Morgan fingerprint density at radius 1 is 1.44 bits per heavy atom. The van der Waals surface area contributed by atoms with Crippen molar-refractivity contribution >= 4 is 28.2 Å². The quantitative estimate of drug-likeness (QED) is 0.495. The van der Waals surface area contributed by atoms with Gasteiger partial charge in [0.05, 0.1) is 10.0 Å². The summed E-state index contributed by atoms with van der Waals surface area (Å²) in [6.07, 6.45) is 2.28. The number of aryl methyl sites for hydroxylation is 1. The zero-order chi connectivity index (χ0) is 13.1. The molecule has 0 amide bonds. The minimum absolute atomic E-state index is 0.165. The molecule has 2 aromatic rings. The third-order valence-corrected chi connectivity index (χ3v) is 2.81. The first-order valence-electron chi connectivity index (χ1n) is 5.07. The normalized spacial score (nSPS) is 10.1. The van der Waals surface area contributed by atoms with Crippen molar-refractivity contribution in [3.63, 3.8) is 0 Å². The molecule has 0 N–H and O–H groups in total. The van der Waals surface area contributed by atoms with Gasteiger partial charge in [0.25, 0.3) is 0 Å². The molecule has 0 aliphatic rings. The number of aromatic nitrogens is 2. The van der Waals surface area contributed by atoms with Crippen LogP contribution in [-0.2, 0) is 7.05 Å². The van der Waals surface area contributed by atoms with Crippen LogP contribution in [0.15, 0.2) is 34.9 Å². The molecule has 0 unspecified atom stereocenters. The lowest BCUT2D eigenvalue weighted by molar-refractivity contribution is 0.0725. The summed E-state index contributed by atoms with van der Waals surface area (Å²) in [6, 6.07) is 6.50. The molecular formula is C12H9BrN2O3. The van der Waals surface area contributed by atoms with Crippen LogP contribution in [0.4, 0.5) is 0 Å². The predicted octanol–water partition coefficient (Wildman–Crippen LogP) is 2.21. The number of esters is 1. The zero-order valence-corrected chi connectivity index (χ0v) is 11.0. The van der Waals surface area contributed by atoms with Crippen LogP contribution in [0, 0.1) is 0 Å². The topological polar surface area (TPSA) is 61.2 Å². The van der Waals surface area contributed by atoms with Crippen LogP contribution in [0.5, 0.6) is 5.75 Å². The number of hydrogen-bond acceptors (Lipinski definition) is 4. The lowest BCUT2D eigenvalue weighted by Gasteiger charge is -2.04. The van der Waals surface area contributed by atoms with Crippen LogP contribution in [0.1, 0.15) is 20.8 Å². The number of halogens is 1. The number of hydrogen-bond donors (Lipinski definition) is 0. The molecule has 0 atom stereocenters. The predicted molar refractivity (Wildman–Crippen MR) is 67.7 cm³/mol. The highest BCUT2D eigenvalue weighted by molar-refractivity contribution is 9.10. The van der Waals surface area contributed by atoms with E-state index in [1.807, 2.05) is 0 Å². The molecule has 0 fully saturated rings. The summed E-state index contributed by atoms with van der Waals surface area (Å²) in [5, 5.41) is 3.97. The molecule has 0 spiro atoms. The largest absolute Gasteiger partial charge is 0.421 e. The van der Waals surface area contributed by atoms with E-state index in [4.69, 9.17) is 4.74 Å². The van der Waals surface area contributed by atoms with Crippen LogP contribution in [0.25, 0.3) is 0 Å². The third kappa shape index (κ3) is 2.48. The number of nitrogens with zero attached hydrogens (tertiary/aromatic N) is 2. The summed E-state index contributed by atoms with van der Waals surface area (Å²) in [4.78, 5) is 22.7. The Morgan fingerprint density at radius 2 is 2.17 bits per heavy atom. The molecule has 18 heavy (non-hydrogen) atoms. The fraction of sp³-hybridized carbons (Fsp3) is 0.0833. The van der Waals surface area contributed by atoms with Gasteiger partial charge in [0.2, 0.25) is 0 Å². The Bertz CT molecular complexity index is 607. The lowest BCUT2D eigenvalue weighted by atomic mass is 10.2. The van der Waals surface area contributed by atoms with Crippen molar-refractivity contribution in [3.8, 4) is 5.75 Å². The molecule has 1 heterocycles. The van der Waals surface area contributed by atoms with Crippen LogP contribution < -0.4 is 4.74 Å². The summed E-state index contributed by atoms with van der Waals surface area (Å²) in [5.41, 5.74) is 0.483. The number of rotatable bonds is 3. The Labute approximate surface area is 111 Å². The molecule has 0 aliphatic carbocycles. The first-order chi connectivity index (χ1) is 8.61. The van der Waals surface area contributed by atoms with E-state index in [1.54, 1.807) is 37.5 Å². The van der Waals surface area contributed by atoms with E-state index in [2.05, 4.69) is 21.0 Å². The van der Waals surface area contributed by atoms with Crippen LogP contribution in [-0.4, -0.2) is 22.0 Å². The van der Waals surface area contributed by atoms with Gasteiger partial charge in [-0.05, 0) is 28.1 Å². The fourth-order valence-corrected chi connectivity index (χ4v) is 1.95. The fourth-order valence-electron chi connectivity index (χ4n) is 1.42. The van der Waals surface area contributed by atoms with E-state index in [0.29, 0.717) is 16.3 Å². The van der Waals surface area contributed by atoms with E-state index in [9.17, 15) is 9.59 Å². The van der Waals surface area contributed by atoms with Crippen molar-refractivity contribution in [1.82, 2.24) is 9.78 Å².